The molecule has 0 radical (unpaired) electrons. The molecule has 0 unspecified atom stereocenters. The van der Waals surface area contributed by atoms with Crippen LogP contribution in [0.5, 0.6) is 0 Å². The first kappa shape index (κ1) is 39.9. The average molecular weight is 581 g/mol. The van der Waals surface area contributed by atoms with Gasteiger partial charge in [0.05, 0.1) is 27.7 Å². The van der Waals surface area contributed by atoms with Crippen molar-refractivity contribution in [1.29, 1.82) is 0 Å². The van der Waals surface area contributed by atoms with Crippen molar-refractivity contribution < 1.29 is 14.1 Å². The minimum atomic E-state index is -0.431. The lowest BCUT2D eigenvalue weighted by Crippen LogP contribution is -2.47. The fourth-order valence-electron chi connectivity index (χ4n) is 5.61. The Morgan fingerprint density at radius 1 is 0.561 bits per heavy atom. The molecule has 0 aromatic carbocycles. The van der Waals surface area contributed by atoms with E-state index in [-0.39, 0.29) is 11.8 Å². The fourth-order valence-corrected chi connectivity index (χ4v) is 5.61. The van der Waals surface area contributed by atoms with E-state index in [9.17, 15) is 9.59 Å². The second-order valence-electron chi connectivity index (χ2n) is 13.8. The number of hydrogen-bond acceptors (Lipinski definition) is 2. The van der Waals surface area contributed by atoms with Crippen molar-refractivity contribution >= 4 is 11.8 Å². The molecule has 2 amide bonds. The Bertz CT molecular complexity index is 578. The summed E-state index contributed by atoms with van der Waals surface area (Å²) >= 11 is 0. The molecule has 0 fully saturated rings. The lowest BCUT2D eigenvalue weighted by atomic mass is 10.1. The highest BCUT2D eigenvalue weighted by Gasteiger charge is 2.21. The molecule has 0 heterocycles. The van der Waals surface area contributed by atoms with Crippen LogP contribution in [-0.2, 0) is 9.59 Å². The number of rotatable bonds is 30. The normalized spacial score (nSPS) is 12.4. The number of nitrogens with zero attached hydrogens (tertiary/aromatic N) is 2. The molecule has 0 saturated heterocycles. The highest BCUT2D eigenvalue weighted by molar-refractivity contribution is 5.87. The van der Waals surface area contributed by atoms with E-state index < -0.39 is 6.04 Å². The van der Waals surface area contributed by atoms with Gasteiger partial charge in [-0.15, -0.1) is 0 Å². The number of quaternary nitrogens is 1. The van der Waals surface area contributed by atoms with E-state index in [2.05, 4.69) is 45.2 Å². The lowest BCUT2D eigenvalue weighted by Gasteiger charge is -2.26. The van der Waals surface area contributed by atoms with Gasteiger partial charge in [-0.1, -0.05) is 129 Å². The Morgan fingerprint density at radius 2 is 0.927 bits per heavy atom. The van der Waals surface area contributed by atoms with Crippen molar-refractivity contribution in [2.24, 2.45) is 0 Å². The van der Waals surface area contributed by atoms with Crippen LogP contribution < -0.4 is 5.32 Å². The smallest absolute Gasteiger partial charge is 0.244 e. The van der Waals surface area contributed by atoms with Crippen LogP contribution in [-0.4, -0.2) is 68.0 Å². The number of unbranched alkanes of at least 4 members (excludes halogenated alkanes) is 20. The fraction of sp³-hybridized carbons (Fsp3) is 0.944. The maximum atomic E-state index is 13.4. The molecule has 0 aliphatic heterocycles. The molecule has 0 aromatic rings. The SMILES string of the molecule is CCCCCCCCCCCCN(CCCCCCCCCCCC)C(=O)[C@H](C)NC(=O)CCCCC[N+](C)(C)C. The second-order valence-corrected chi connectivity index (χ2v) is 13.8. The molecule has 244 valence electrons. The molecular weight excluding hydrogens is 506 g/mol. The third-order valence-corrected chi connectivity index (χ3v) is 8.36. The molecule has 0 aliphatic rings. The zero-order valence-electron chi connectivity index (χ0n) is 28.9. The summed E-state index contributed by atoms with van der Waals surface area (Å²) in [4.78, 5) is 28.0. The molecular formula is C36H74N3O2+. The van der Waals surface area contributed by atoms with Crippen LogP contribution in [0.2, 0.25) is 0 Å². The molecule has 5 heteroatoms. The summed E-state index contributed by atoms with van der Waals surface area (Å²) in [6.45, 7) is 9.21. The van der Waals surface area contributed by atoms with Crippen molar-refractivity contribution in [1.82, 2.24) is 10.2 Å². The zero-order valence-corrected chi connectivity index (χ0v) is 28.9. The van der Waals surface area contributed by atoms with Crippen molar-refractivity contribution in [3.63, 3.8) is 0 Å². The van der Waals surface area contributed by atoms with E-state index in [0.717, 1.165) is 56.2 Å². The van der Waals surface area contributed by atoms with Gasteiger partial charge in [-0.3, -0.25) is 9.59 Å². The molecule has 1 N–H and O–H groups in total. The van der Waals surface area contributed by atoms with E-state index in [1.54, 1.807) is 0 Å². The molecule has 0 rings (SSSR count). The van der Waals surface area contributed by atoms with Crippen LogP contribution in [0.25, 0.3) is 0 Å². The first-order valence-corrected chi connectivity index (χ1v) is 18.1. The summed E-state index contributed by atoms with van der Waals surface area (Å²) in [7, 11) is 6.62. The highest BCUT2D eigenvalue weighted by Crippen LogP contribution is 2.14. The highest BCUT2D eigenvalue weighted by atomic mass is 16.2. The lowest BCUT2D eigenvalue weighted by molar-refractivity contribution is -0.870. The standard InChI is InChI=1S/C36H73N3O2/c1-7-9-11-13-15-17-19-21-23-27-31-38(32-28-24-22-20-18-16-14-12-10-8-2)36(41)34(3)37-35(40)30-26-25-29-33-39(4,5)6/h34H,7-33H2,1-6H3/p+1/t34-/m0/s1. The van der Waals surface area contributed by atoms with Gasteiger partial charge in [0.25, 0.3) is 0 Å². The van der Waals surface area contributed by atoms with Gasteiger partial charge in [0.1, 0.15) is 6.04 Å². The summed E-state index contributed by atoms with van der Waals surface area (Å²) < 4.78 is 0.964. The van der Waals surface area contributed by atoms with Crippen LogP contribution in [0, 0.1) is 0 Å². The van der Waals surface area contributed by atoms with Gasteiger partial charge in [0, 0.05) is 19.5 Å². The third-order valence-electron chi connectivity index (χ3n) is 8.36. The molecule has 0 aliphatic carbocycles. The van der Waals surface area contributed by atoms with Crippen LogP contribution >= 0.6 is 0 Å². The van der Waals surface area contributed by atoms with Crippen molar-refractivity contribution in [2.75, 3.05) is 40.8 Å². The molecule has 5 nitrogen and oxygen atoms in total. The monoisotopic (exact) mass is 581 g/mol. The molecule has 0 aromatic heterocycles. The summed E-state index contributed by atoms with van der Waals surface area (Å²) in [6, 6.07) is -0.431. The van der Waals surface area contributed by atoms with Gasteiger partial charge in [-0.25, -0.2) is 0 Å². The summed E-state index contributed by atoms with van der Waals surface area (Å²) in [5, 5.41) is 3.01. The topological polar surface area (TPSA) is 49.4 Å². The van der Waals surface area contributed by atoms with Crippen LogP contribution in [0.15, 0.2) is 0 Å². The number of carbonyl (C=O) groups excluding carboxylic acids is 2. The van der Waals surface area contributed by atoms with Gasteiger partial charge < -0.3 is 14.7 Å². The minimum absolute atomic E-state index is 0.0221. The molecule has 0 saturated carbocycles. The Hall–Kier alpha value is -1.10. The van der Waals surface area contributed by atoms with Crippen molar-refractivity contribution in [2.45, 2.75) is 181 Å². The quantitative estimate of drug-likeness (QED) is 0.0679. The third kappa shape index (κ3) is 27.5. The predicted octanol–water partition coefficient (Wildman–Crippen LogP) is 9.43. The Labute approximate surface area is 257 Å². The number of carbonyl (C=O) groups is 2. The maximum absolute atomic E-state index is 13.4. The Morgan fingerprint density at radius 3 is 1.32 bits per heavy atom. The average Bonchev–Trinajstić information content (AvgIpc) is 2.92. The van der Waals surface area contributed by atoms with Gasteiger partial charge in [0.15, 0.2) is 0 Å². The van der Waals surface area contributed by atoms with E-state index in [1.165, 1.54) is 116 Å². The molecule has 1 atom stereocenters. The first-order valence-electron chi connectivity index (χ1n) is 18.1. The van der Waals surface area contributed by atoms with Gasteiger partial charge in [-0.05, 0) is 39.0 Å². The predicted molar refractivity (Wildman–Crippen MR) is 179 cm³/mol. The largest absolute Gasteiger partial charge is 0.345 e. The summed E-state index contributed by atoms with van der Waals surface area (Å²) in [5.74, 6) is 0.129. The Kier molecular flexibility index (Phi) is 27.0. The van der Waals surface area contributed by atoms with E-state index in [1.807, 2.05) is 6.92 Å². The zero-order chi connectivity index (χ0) is 30.6. The first-order chi connectivity index (χ1) is 19.7. The second kappa shape index (κ2) is 27.7. The van der Waals surface area contributed by atoms with Crippen molar-refractivity contribution in [3.8, 4) is 0 Å². The van der Waals surface area contributed by atoms with E-state index in [0.29, 0.717) is 6.42 Å². The van der Waals surface area contributed by atoms with E-state index >= 15 is 0 Å². The van der Waals surface area contributed by atoms with Gasteiger partial charge in [-0.2, -0.15) is 0 Å². The van der Waals surface area contributed by atoms with E-state index in [4.69, 9.17) is 0 Å². The van der Waals surface area contributed by atoms with Gasteiger partial charge in [0.2, 0.25) is 11.8 Å². The molecule has 41 heavy (non-hydrogen) atoms. The van der Waals surface area contributed by atoms with Crippen LogP contribution in [0.1, 0.15) is 175 Å². The summed E-state index contributed by atoms with van der Waals surface area (Å²) in [5.41, 5.74) is 0. The maximum Gasteiger partial charge on any atom is 0.244 e. The van der Waals surface area contributed by atoms with Crippen molar-refractivity contribution in [3.05, 3.63) is 0 Å². The Balaban J connectivity index is 4.42. The number of nitrogens with one attached hydrogen (secondary N) is 1. The van der Waals surface area contributed by atoms with Crippen LogP contribution in [0.3, 0.4) is 0 Å². The minimum Gasteiger partial charge on any atom is -0.345 e. The van der Waals surface area contributed by atoms with Crippen LogP contribution in [0.4, 0.5) is 0 Å². The summed E-state index contributed by atoms with van der Waals surface area (Å²) in [6.07, 6.45) is 29.7. The number of amides is 2. The van der Waals surface area contributed by atoms with Gasteiger partial charge >= 0.3 is 0 Å². The number of hydrogen-bond donors (Lipinski definition) is 1. The molecule has 0 bridgehead atoms. The molecule has 0 spiro atoms.